The second-order valence-electron chi connectivity index (χ2n) is 7.85. The van der Waals surface area contributed by atoms with Crippen LogP contribution >= 0.6 is 0 Å². The molecule has 3 heterocycles. The van der Waals surface area contributed by atoms with Crippen LogP contribution in [0.3, 0.4) is 0 Å². The molecular formula is C22H26N8O6S. The lowest BCUT2D eigenvalue weighted by molar-refractivity contribution is 0.170. The van der Waals surface area contributed by atoms with Gasteiger partial charge in [0.2, 0.25) is 21.9 Å². The quantitative estimate of drug-likeness (QED) is 0.303. The lowest BCUT2D eigenvalue weighted by Gasteiger charge is -2.21. The van der Waals surface area contributed by atoms with Crippen LogP contribution in [-0.4, -0.2) is 74.6 Å². The highest BCUT2D eigenvalue weighted by Crippen LogP contribution is 2.37. The molecule has 196 valence electrons. The Labute approximate surface area is 212 Å². The van der Waals surface area contributed by atoms with E-state index in [-0.39, 0.29) is 23.3 Å². The van der Waals surface area contributed by atoms with Gasteiger partial charge in [-0.25, -0.2) is 13.4 Å². The van der Waals surface area contributed by atoms with Crippen LogP contribution < -0.4 is 18.9 Å². The molecule has 0 saturated carbocycles. The summed E-state index contributed by atoms with van der Waals surface area (Å²) in [7, 11) is 1.87. The Hall–Kier alpha value is -4.24. The van der Waals surface area contributed by atoms with Crippen LogP contribution in [-0.2, 0) is 17.1 Å². The standard InChI is InChI=1S/C22H26N8O6S/c1-13(20(31)15-11-24-18(36-5)12-23-15)37(32,33)28-22-26-25-21(14-9-10-29(2)27-14)30(22)19-16(34-3)7-6-8-17(19)35-4/h6-13,20,31H,1-5H3,(H,26,28). The van der Waals surface area contributed by atoms with E-state index in [2.05, 4.69) is 30.0 Å². The van der Waals surface area contributed by atoms with Crippen molar-refractivity contribution in [1.82, 2.24) is 34.5 Å². The molecule has 0 amide bonds. The molecule has 0 aliphatic carbocycles. The third-order valence-electron chi connectivity index (χ3n) is 5.56. The first kappa shape index (κ1) is 25.8. The fraction of sp³-hybridized carbons (Fsp3) is 0.318. The van der Waals surface area contributed by atoms with E-state index in [1.165, 1.54) is 45.2 Å². The number of benzene rings is 1. The topological polar surface area (TPSA) is 168 Å². The summed E-state index contributed by atoms with van der Waals surface area (Å²) >= 11 is 0. The maximum absolute atomic E-state index is 13.4. The van der Waals surface area contributed by atoms with Crippen molar-refractivity contribution in [3.8, 4) is 34.6 Å². The zero-order chi connectivity index (χ0) is 26.7. The third-order valence-corrected chi connectivity index (χ3v) is 7.26. The van der Waals surface area contributed by atoms with E-state index in [0.29, 0.717) is 22.9 Å². The lowest BCUT2D eigenvalue weighted by atomic mass is 10.2. The van der Waals surface area contributed by atoms with Gasteiger partial charge < -0.3 is 19.3 Å². The van der Waals surface area contributed by atoms with Crippen molar-refractivity contribution in [3.63, 3.8) is 0 Å². The number of sulfonamides is 1. The first-order chi connectivity index (χ1) is 17.7. The van der Waals surface area contributed by atoms with Gasteiger partial charge in [-0.3, -0.25) is 19.0 Å². The molecule has 3 aromatic heterocycles. The van der Waals surface area contributed by atoms with Gasteiger partial charge in [-0.1, -0.05) is 6.07 Å². The predicted octanol–water partition coefficient (Wildman–Crippen LogP) is 1.35. The average Bonchev–Trinajstić information content (AvgIpc) is 3.52. The van der Waals surface area contributed by atoms with Crippen molar-refractivity contribution in [3.05, 3.63) is 48.5 Å². The summed E-state index contributed by atoms with van der Waals surface area (Å²) in [6, 6.07) is 6.81. The summed E-state index contributed by atoms with van der Waals surface area (Å²) in [6.45, 7) is 1.34. The van der Waals surface area contributed by atoms with E-state index in [0.717, 1.165) is 0 Å². The van der Waals surface area contributed by atoms with E-state index in [1.807, 2.05) is 0 Å². The largest absolute Gasteiger partial charge is 0.494 e. The average molecular weight is 531 g/mol. The summed E-state index contributed by atoms with van der Waals surface area (Å²) in [6.07, 6.45) is 2.75. The number of aliphatic hydroxyl groups is 1. The molecule has 0 bridgehead atoms. The molecule has 2 N–H and O–H groups in total. The number of rotatable bonds is 10. The molecule has 4 rings (SSSR count). The van der Waals surface area contributed by atoms with Crippen molar-refractivity contribution in [2.24, 2.45) is 7.05 Å². The molecule has 0 radical (unpaired) electrons. The summed E-state index contributed by atoms with van der Waals surface area (Å²) in [5, 5.41) is 22.1. The van der Waals surface area contributed by atoms with Crippen molar-refractivity contribution in [1.29, 1.82) is 0 Å². The highest BCUT2D eigenvalue weighted by atomic mass is 32.2. The van der Waals surface area contributed by atoms with Gasteiger partial charge in [0, 0.05) is 13.2 Å². The molecule has 1 aromatic carbocycles. The Morgan fingerprint density at radius 3 is 2.24 bits per heavy atom. The normalized spacial score (nSPS) is 13.1. The number of aliphatic hydroxyl groups excluding tert-OH is 1. The number of nitrogens with zero attached hydrogens (tertiary/aromatic N) is 7. The molecule has 4 aromatic rings. The fourth-order valence-electron chi connectivity index (χ4n) is 3.53. The number of hydrogen-bond acceptors (Lipinski definition) is 11. The van der Waals surface area contributed by atoms with Gasteiger partial charge in [-0.2, -0.15) is 5.10 Å². The number of methoxy groups -OCH3 is 3. The molecule has 0 aliphatic rings. The Bertz CT molecular complexity index is 1460. The minimum atomic E-state index is -4.24. The molecule has 37 heavy (non-hydrogen) atoms. The van der Waals surface area contributed by atoms with Crippen molar-refractivity contribution in [2.75, 3.05) is 26.1 Å². The van der Waals surface area contributed by atoms with Gasteiger partial charge in [0.15, 0.2) is 5.82 Å². The second-order valence-corrected chi connectivity index (χ2v) is 9.89. The summed E-state index contributed by atoms with van der Waals surface area (Å²) < 4.78 is 48.2. The van der Waals surface area contributed by atoms with Gasteiger partial charge >= 0.3 is 0 Å². The highest BCUT2D eigenvalue weighted by molar-refractivity contribution is 7.93. The molecule has 0 spiro atoms. The zero-order valence-electron chi connectivity index (χ0n) is 20.7. The van der Waals surface area contributed by atoms with E-state index in [9.17, 15) is 13.5 Å². The Kier molecular flexibility index (Phi) is 7.26. The van der Waals surface area contributed by atoms with Crippen LogP contribution in [0.4, 0.5) is 5.95 Å². The minimum Gasteiger partial charge on any atom is -0.494 e. The molecular weight excluding hydrogens is 504 g/mol. The number of anilines is 1. The lowest BCUT2D eigenvalue weighted by Crippen LogP contribution is -2.32. The van der Waals surface area contributed by atoms with Gasteiger partial charge in [0.05, 0.1) is 39.4 Å². The number of aromatic nitrogens is 7. The number of ether oxygens (including phenoxy) is 3. The molecule has 0 aliphatic heterocycles. The van der Waals surface area contributed by atoms with Crippen molar-refractivity contribution >= 4 is 16.0 Å². The molecule has 15 heteroatoms. The second kappa shape index (κ2) is 10.4. The van der Waals surface area contributed by atoms with Gasteiger partial charge in [0.25, 0.3) is 0 Å². The SMILES string of the molecule is COc1cnc(C(O)C(C)S(=O)(=O)Nc2nnc(-c3ccn(C)n3)n2-c2c(OC)cccc2OC)cn1. The van der Waals surface area contributed by atoms with Crippen LogP contribution in [0.2, 0.25) is 0 Å². The van der Waals surface area contributed by atoms with Gasteiger partial charge in [-0.15, -0.1) is 10.2 Å². The Morgan fingerprint density at radius 2 is 1.70 bits per heavy atom. The van der Waals surface area contributed by atoms with Crippen molar-refractivity contribution < 1.29 is 27.7 Å². The summed E-state index contributed by atoms with van der Waals surface area (Å²) in [4.78, 5) is 8.02. The molecule has 14 nitrogen and oxygen atoms in total. The number of hydrogen-bond donors (Lipinski definition) is 2. The summed E-state index contributed by atoms with van der Waals surface area (Å²) in [5.74, 6) is 1.04. The minimum absolute atomic E-state index is 0.0562. The van der Waals surface area contributed by atoms with E-state index in [1.54, 1.807) is 42.2 Å². The summed E-state index contributed by atoms with van der Waals surface area (Å²) in [5.41, 5.74) is 0.834. The van der Waals surface area contributed by atoms with Gasteiger partial charge in [-0.05, 0) is 25.1 Å². The highest BCUT2D eigenvalue weighted by Gasteiger charge is 2.33. The fourth-order valence-corrected chi connectivity index (χ4v) is 4.58. The monoisotopic (exact) mass is 530 g/mol. The molecule has 0 fully saturated rings. The van der Waals surface area contributed by atoms with Crippen LogP contribution in [0.25, 0.3) is 17.2 Å². The van der Waals surface area contributed by atoms with Gasteiger partial charge in [0.1, 0.15) is 34.2 Å². The van der Waals surface area contributed by atoms with E-state index in [4.69, 9.17) is 14.2 Å². The van der Waals surface area contributed by atoms with Crippen LogP contribution in [0.15, 0.2) is 42.9 Å². The molecule has 0 saturated heterocycles. The maximum Gasteiger partial charge on any atom is 0.243 e. The smallest absolute Gasteiger partial charge is 0.243 e. The molecule has 2 unspecified atom stereocenters. The Balaban J connectivity index is 1.79. The first-order valence-electron chi connectivity index (χ1n) is 10.9. The zero-order valence-corrected chi connectivity index (χ0v) is 21.5. The first-order valence-corrected chi connectivity index (χ1v) is 12.5. The Morgan fingerprint density at radius 1 is 1.00 bits per heavy atom. The third kappa shape index (κ3) is 5.03. The molecule has 2 atom stereocenters. The van der Waals surface area contributed by atoms with Crippen molar-refractivity contribution in [2.45, 2.75) is 18.3 Å². The number of aryl methyl sites for hydroxylation is 1. The van der Waals surface area contributed by atoms with E-state index < -0.39 is 21.4 Å². The number of nitrogens with one attached hydrogen (secondary N) is 1. The van der Waals surface area contributed by atoms with E-state index >= 15 is 0 Å². The van der Waals surface area contributed by atoms with Crippen LogP contribution in [0.5, 0.6) is 17.4 Å². The number of para-hydroxylation sites is 1. The predicted molar refractivity (Wildman–Crippen MR) is 132 cm³/mol. The van der Waals surface area contributed by atoms with Crippen LogP contribution in [0, 0.1) is 0 Å². The van der Waals surface area contributed by atoms with Crippen LogP contribution in [0.1, 0.15) is 18.7 Å². The maximum atomic E-state index is 13.4.